The van der Waals surface area contributed by atoms with Crippen LogP contribution in [0.5, 0.6) is 0 Å². The van der Waals surface area contributed by atoms with Crippen molar-refractivity contribution in [3.63, 3.8) is 0 Å². The van der Waals surface area contributed by atoms with Crippen LogP contribution in [-0.4, -0.2) is 32.5 Å². The van der Waals surface area contributed by atoms with Gasteiger partial charge in [0.2, 0.25) is 0 Å². The number of alkyl halides is 3. The summed E-state index contributed by atoms with van der Waals surface area (Å²) < 4.78 is 42.2. The van der Waals surface area contributed by atoms with Gasteiger partial charge in [-0.2, -0.15) is 13.2 Å². The lowest BCUT2D eigenvalue weighted by Crippen LogP contribution is -2.30. The van der Waals surface area contributed by atoms with Gasteiger partial charge in [-0.3, -0.25) is 0 Å². The van der Waals surface area contributed by atoms with Crippen LogP contribution in [0.3, 0.4) is 0 Å². The van der Waals surface area contributed by atoms with E-state index < -0.39 is 12.8 Å². The molecular formula is C15H21BrF3NO. The number of halogens is 4. The first-order valence-electron chi connectivity index (χ1n) is 7.00. The molecule has 21 heavy (non-hydrogen) atoms. The molecular weight excluding hydrogens is 347 g/mol. The lowest BCUT2D eigenvalue weighted by molar-refractivity contribution is -0.176. The van der Waals surface area contributed by atoms with Crippen molar-refractivity contribution in [1.29, 1.82) is 0 Å². The van der Waals surface area contributed by atoms with Crippen molar-refractivity contribution in [1.82, 2.24) is 5.32 Å². The van der Waals surface area contributed by atoms with E-state index in [9.17, 15) is 13.2 Å². The molecule has 0 saturated heterocycles. The molecule has 0 fully saturated rings. The van der Waals surface area contributed by atoms with Gasteiger partial charge in [0.15, 0.2) is 0 Å². The van der Waals surface area contributed by atoms with E-state index in [1.807, 2.05) is 24.3 Å². The Morgan fingerprint density at radius 2 is 1.90 bits per heavy atom. The monoisotopic (exact) mass is 367 g/mol. The molecule has 0 heterocycles. The number of benzene rings is 1. The van der Waals surface area contributed by atoms with Crippen molar-refractivity contribution in [2.24, 2.45) is 5.92 Å². The van der Waals surface area contributed by atoms with Crippen LogP contribution in [0.4, 0.5) is 13.2 Å². The SMILES string of the molecule is CCCNCC(COCC(F)(F)F)Cc1ccc(Br)cc1. The highest BCUT2D eigenvalue weighted by Crippen LogP contribution is 2.17. The van der Waals surface area contributed by atoms with Gasteiger partial charge < -0.3 is 10.1 Å². The molecule has 0 spiro atoms. The van der Waals surface area contributed by atoms with Gasteiger partial charge in [-0.1, -0.05) is 35.0 Å². The van der Waals surface area contributed by atoms with Crippen molar-refractivity contribution in [3.8, 4) is 0 Å². The van der Waals surface area contributed by atoms with Crippen molar-refractivity contribution in [2.75, 3.05) is 26.3 Å². The summed E-state index contributed by atoms with van der Waals surface area (Å²) in [7, 11) is 0. The molecule has 1 aromatic rings. The molecule has 120 valence electrons. The average molecular weight is 368 g/mol. The zero-order valence-electron chi connectivity index (χ0n) is 12.0. The highest BCUT2D eigenvalue weighted by Gasteiger charge is 2.27. The Kier molecular flexibility index (Phi) is 8.29. The van der Waals surface area contributed by atoms with E-state index in [1.54, 1.807) is 0 Å². The molecule has 0 aliphatic heterocycles. The highest BCUT2D eigenvalue weighted by atomic mass is 79.9. The van der Waals surface area contributed by atoms with Gasteiger partial charge in [0, 0.05) is 11.0 Å². The number of hydrogen-bond donors (Lipinski definition) is 1. The van der Waals surface area contributed by atoms with Crippen molar-refractivity contribution in [2.45, 2.75) is 25.9 Å². The van der Waals surface area contributed by atoms with E-state index in [1.165, 1.54) is 0 Å². The lowest BCUT2D eigenvalue weighted by atomic mass is 10.00. The van der Waals surface area contributed by atoms with E-state index in [0.717, 1.165) is 23.0 Å². The number of rotatable bonds is 9. The summed E-state index contributed by atoms with van der Waals surface area (Å²) in [5.41, 5.74) is 1.09. The summed E-state index contributed by atoms with van der Waals surface area (Å²) in [4.78, 5) is 0. The molecule has 1 atom stereocenters. The van der Waals surface area contributed by atoms with Gasteiger partial charge in [-0.25, -0.2) is 0 Å². The Hall–Kier alpha value is -0.590. The molecule has 0 aromatic heterocycles. The highest BCUT2D eigenvalue weighted by molar-refractivity contribution is 9.10. The fourth-order valence-electron chi connectivity index (χ4n) is 1.97. The quantitative estimate of drug-likeness (QED) is 0.660. The largest absolute Gasteiger partial charge is 0.411 e. The Bertz CT molecular complexity index is 395. The van der Waals surface area contributed by atoms with Crippen molar-refractivity contribution in [3.05, 3.63) is 34.3 Å². The molecule has 1 unspecified atom stereocenters. The zero-order valence-corrected chi connectivity index (χ0v) is 13.6. The minimum atomic E-state index is -4.26. The molecule has 0 aliphatic carbocycles. The van der Waals surface area contributed by atoms with E-state index >= 15 is 0 Å². The Morgan fingerprint density at radius 3 is 2.48 bits per heavy atom. The third kappa shape index (κ3) is 9.11. The van der Waals surface area contributed by atoms with E-state index in [4.69, 9.17) is 4.74 Å². The van der Waals surface area contributed by atoms with E-state index in [0.29, 0.717) is 13.0 Å². The smallest absolute Gasteiger partial charge is 0.372 e. The summed E-state index contributed by atoms with van der Waals surface area (Å²) in [6.45, 7) is 2.48. The molecule has 2 nitrogen and oxygen atoms in total. The minimum Gasteiger partial charge on any atom is -0.372 e. The molecule has 1 N–H and O–H groups in total. The van der Waals surface area contributed by atoms with Crippen molar-refractivity contribution >= 4 is 15.9 Å². The number of nitrogens with one attached hydrogen (secondary N) is 1. The third-order valence-corrected chi connectivity index (χ3v) is 3.45. The summed E-state index contributed by atoms with van der Waals surface area (Å²) in [6.07, 6.45) is -2.57. The van der Waals surface area contributed by atoms with Gasteiger partial charge in [0.1, 0.15) is 6.61 Å². The standard InChI is InChI=1S/C15H21BrF3NO/c1-2-7-20-9-13(10-21-11-15(17,18)19)8-12-3-5-14(16)6-4-12/h3-6,13,20H,2,7-11H2,1H3. The van der Waals surface area contributed by atoms with E-state index in [-0.39, 0.29) is 12.5 Å². The predicted molar refractivity (Wildman–Crippen MR) is 81.4 cm³/mol. The van der Waals surface area contributed by atoms with Crippen LogP contribution in [0, 0.1) is 5.92 Å². The fraction of sp³-hybridized carbons (Fsp3) is 0.600. The zero-order chi connectivity index (χ0) is 15.7. The summed E-state index contributed by atoms with van der Waals surface area (Å²) in [5.74, 6) is 0.0278. The second-order valence-corrected chi connectivity index (χ2v) is 5.95. The van der Waals surface area contributed by atoms with Crippen LogP contribution in [0.15, 0.2) is 28.7 Å². The maximum Gasteiger partial charge on any atom is 0.411 e. The normalized spacial score (nSPS) is 13.4. The minimum absolute atomic E-state index is 0.0278. The molecule has 0 bridgehead atoms. The molecule has 0 saturated carbocycles. The van der Waals surface area contributed by atoms with Gasteiger partial charge >= 0.3 is 6.18 Å². The average Bonchev–Trinajstić information content (AvgIpc) is 2.40. The summed E-state index contributed by atoms with van der Waals surface area (Å²) >= 11 is 3.36. The molecule has 6 heteroatoms. The maximum absolute atomic E-state index is 12.1. The molecule has 1 aromatic carbocycles. The first kappa shape index (κ1) is 18.5. The number of hydrogen-bond acceptors (Lipinski definition) is 2. The van der Waals surface area contributed by atoms with Gasteiger partial charge in [0.25, 0.3) is 0 Å². The first-order valence-corrected chi connectivity index (χ1v) is 7.79. The van der Waals surface area contributed by atoms with Gasteiger partial charge in [0.05, 0.1) is 6.61 Å². The second kappa shape index (κ2) is 9.43. The third-order valence-electron chi connectivity index (χ3n) is 2.92. The first-order chi connectivity index (χ1) is 9.90. The lowest BCUT2D eigenvalue weighted by Gasteiger charge is -2.18. The van der Waals surface area contributed by atoms with Crippen LogP contribution in [0.25, 0.3) is 0 Å². The topological polar surface area (TPSA) is 21.3 Å². The maximum atomic E-state index is 12.1. The van der Waals surface area contributed by atoms with Gasteiger partial charge in [-0.05, 0) is 43.0 Å². The summed E-state index contributed by atoms with van der Waals surface area (Å²) in [6, 6.07) is 7.81. The Morgan fingerprint density at radius 1 is 1.24 bits per heavy atom. The van der Waals surface area contributed by atoms with Crippen LogP contribution < -0.4 is 5.32 Å². The predicted octanol–water partition coefficient (Wildman–Crippen LogP) is 4.19. The van der Waals surface area contributed by atoms with Crippen LogP contribution >= 0.6 is 15.9 Å². The molecule has 0 aliphatic rings. The van der Waals surface area contributed by atoms with Crippen LogP contribution in [0.2, 0.25) is 0 Å². The Labute approximate surface area is 132 Å². The Balaban J connectivity index is 2.48. The van der Waals surface area contributed by atoms with Crippen LogP contribution in [0.1, 0.15) is 18.9 Å². The van der Waals surface area contributed by atoms with Crippen LogP contribution in [-0.2, 0) is 11.2 Å². The number of ether oxygens (including phenoxy) is 1. The van der Waals surface area contributed by atoms with E-state index in [2.05, 4.69) is 28.2 Å². The second-order valence-electron chi connectivity index (χ2n) is 5.03. The van der Waals surface area contributed by atoms with Crippen molar-refractivity contribution < 1.29 is 17.9 Å². The molecule has 1 rings (SSSR count). The van der Waals surface area contributed by atoms with Gasteiger partial charge in [-0.15, -0.1) is 0 Å². The summed E-state index contributed by atoms with van der Waals surface area (Å²) in [5, 5.41) is 3.24. The fourth-order valence-corrected chi connectivity index (χ4v) is 2.23. The molecule has 0 amide bonds. The molecule has 0 radical (unpaired) electrons.